The fourth-order valence-corrected chi connectivity index (χ4v) is 2.25. The zero-order chi connectivity index (χ0) is 18.6. The maximum absolute atomic E-state index is 12.5. The maximum atomic E-state index is 12.5. The van der Waals surface area contributed by atoms with Crippen molar-refractivity contribution < 1.29 is 18.3 Å². The number of nitriles is 1. The highest BCUT2D eigenvalue weighted by Gasteiger charge is 2.14. The van der Waals surface area contributed by atoms with Gasteiger partial charge in [-0.15, -0.1) is 0 Å². The number of ether oxygens (including phenoxy) is 1. The number of benzene rings is 1. The number of nitrogens with zero attached hydrogens (tertiary/aromatic N) is 3. The number of aromatic nitrogens is 2. The third-order valence-electron chi connectivity index (χ3n) is 3.54. The number of halogens is 2. The second-order valence-electron chi connectivity index (χ2n) is 5.27. The number of carbonyl (C=O) groups excluding carboxylic acids is 1. The Balaban J connectivity index is 2.09. The number of rotatable bonds is 6. The molecule has 1 heterocycles. The van der Waals surface area contributed by atoms with Crippen molar-refractivity contribution in [1.29, 1.82) is 5.26 Å². The molecule has 0 aliphatic carbocycles. The highest BCUT2D eigenvalue weighted by molar-refractivity contribution is 5.95. The van der Waals surface area contributed by atoms with E-state index in [1.54, 1.807) is 18.7 Å². The molecule has 0 fully saturated rings. The van der Waals surface area contributed by atoms with Crippen molar-refractivity contribution in [1.82, 2.24) is 9.78 Å². The number of aryl methyl sites for hydroxylation is 2. The lowest BCUT2D eigenvalue weighted by Crippen LogP contribution is -2.23. The molecule has 0 saturated heterocycles. The standard InChI is InChI=1S/C16H17F2N5O2/c1-9-15(10(2)23(3)22-9)21-14(24)8-20-12-6-11(7-19)4-5-13(12)25-16(17)18/h4-6,16,20H,8H2,1-3H3,(H,21,24). The van der Waals surface area contributed by atoms with E-state index in [4.69, 9.17) is 5.26 Å². The van der Waals surface area contributed by atoms with E-state index in [0.717, 1.165) is 5.69 Å². The van der Waals surface area contributed by atoms with Crippen molar-refractivity contribution in [3.8, 4) is 11.8 Å². The fraction of sp³-hybridized carbons (Fsp3) is 0.312. The van der Waals surface area contributed by atoms with Crippen LogP contribution in [-0.4, -0.2) is 28.8 Å². The van der Waals surface area contributed by atoms with Crippen LogP contribution in [0.4, 0.5) is 20.2 Å². The Labute approximate surface area is 143 Å². The summed E-state index contributed by atoms with van der Waals surface area (Å²) in [6, 6.07) is 5.84. The topological polar surface area (TPSA) is 92.0 Å². The second kappa shape index (κ2) is 7.61. The summed E-state index contributed by atoms with van der Waals surface area (Å²) in [7, 11) is 1.76. The largest absolute Gasteiger partial charge is 0.433 e. The molecule has 1 amide bonds. The molecule has 0 aliphatic heterocycles. The summed E-state index contributed by atoms with van der Waals surface area (Å²) in [6.07, 6.45) is 0. The van der Waals surface area contributed by atoms with Crippen LogP contribution in [0.15, 0.2) is 18.2 Å². The third kappa shape index (κ3) is 4.44. The normalized spacial score (nSPS) is 10.4. The van der Waals surface area contributed by atoms with Crippen molar-refractivity contribution in [3.63, 3.8) is 0 Å². The van der Waals surface area contributed by atoms with E-state index in [-0.39, 0.29) is 29.5 Å². The first-order chi connectivity index (χ1) is 11.8. The number of nitrogens with one attached hydrogen (secondary N) is 2. The van der Waals surface area contributed by atoms with Gasteiger partial charge in [0, 0.05) is 7.05 Å². The van der Waals surface area contributed by atoms with Crippen molar-refractivity contribution in [3.05, 3.63) is 35.2 Å². The quantitative estimate of drug-likeness (QED) is 0.836. The molecular weight excluding hydrogens is 332 g/mol. The van der Waals surface area contributed by atoms with E-state index in [2.05, 4.69) is 20.5 Å². The number of hydrogen-bond donors (Lipinski definition) is 2. The highest BCUT2D eigenvalue weighted by atomic mass is 19.3. The molecule has 25 heavy (non-hydrogen) atoms. The summed E-state index contributed by atoms with van der Waals surface area (Å²) >= 11 is 0. The van der Waals surface area contributed by atoms with Gasteiger partial charge in [0.25, 0.3) is 0 Å². The molecule has 2 rings (SSSR count). The molecule has 1 aromatic heterocycles. The SMILES string of the molecule is Cc1nn(C)c(C)c1NC(=O)CNc1cc(C#N)ccc1OC(F)F. The molecule has 132 valence electrons. The van der Waals surface area contributed by atoms with E-state index in [1.165, 1.54) is 18.2 Å². The van der Waals surface area contributed by atoms with Gasteiger partial charge in [-0.25, -0.2) is 0 Å². The number of anilines is 2. The van der Waals surface area contributed by atoms with Crippen LogP contribution in [0.5, 0.6) is 5.75 Å². The maximum Gasteiger partial charge on any atom is 0.387 e. The summed E-state index contributed by atoms with van der Waals surface area (Å²) in [6.45, 7) is 0.375. The number of alkyl halides is 2. The predicted octanol–water partition coefficient (Wildman–Crippen LogP) is 2.56. The Bertz CT molecular complexity index is 827. The minimum Gasteiger partial charge on any atom is -0.433 e. The van der Waals surface area contributed by atoms with Gasteiger partial charge < -0.3 is 15.4 Å². The average molecular weight is 349 g/mol. The van der Waals surface area contributed by atoms with Crippen molar-refractivity contribution in [2.24, 2.45) is 7.05 Å². The minimum absolute atomic E-state index is 0.133. The third-order valence-corrected chi connectivity index (χ3v) is 3.54. The molecule has 0 radical (unpaired) electrons. The van der Waals surface area contributed by atoms with Gasteiger partial charge >= 0.3 is 6.61 Å². The van der Waals surface area contributed by atoms with Crippen LogP contribution < -0.4 is 15.4 Å². The number of hydrogen-bond acceptors (Lipinski definition) is 5. The van der Waals surface area contributed by atoms with Crippen molar-refractivity contribution in [2.45, 2.75) is 20.5 Å². The lowest BCUT2D eigenvalue weighted by molar-refractivity contribution is -0.114. The molecule has 7 nitrogen and oxygen atoms in total. The van der Waals surface area contributed by atoms with Gasteiger partial charge in [-0.05, 0) is 32.0 Å². The lowest BCUT2D eigenvalue weighted by atomic mass is 10.2. The number of amides is 1. The smallest absolute Gasteiger partial charge is 0.387 e. The Kier molecular flexibility index (Phi) is 5.54. The minimum atomic E-state index is -3.01. The van der Waals surface area contributed by atoms with Crippen molar-refractivity contribution >= 4 is 17.3 Å². The van der Waals surface area contributed by atoms with Crippen LogP contribution in [0.2, 0.25) is 0 Å². The van der Waals surface area contributed by atoms with Crippen LogP contribution in [0.1, 0.15) is 17.0 Å². The van der Waals surface area contributed by atoms with Gasteiger partial charge in [0.05, 0.1) is 40.9 Å². The molecule has 0 unspecified atom stereocenters. The van der Waals surface area contributed by atoms with E-state index in [9.17, 15) is 13.6 Å². The zero-order valence-corrected chi connectivity index (χ0v) is 13.9. The summed E-state index contributed by atoms with van der Waals surface area (Å²) in [4.78, 5) is 12.1. The van der Waals surface area contributed by atoms with Gasteiger partial charge in [0.15, 0.2) is 0 Å². The Hall–Kier alpha value is -3.15. The number of carbonyl (C=O) groups is 1. The molecule has 0 bridgehead atoms. The molecule has 9 heteroatoms. The lowest BCUT2D eigenvalue weighted by Gasteiger charge is -2.13. The molecule has 0 saturated carbocycles. The summed E-state index contributed by atoms with van der Waals surface area (Å²) in [5.41, 5.74) is 2.45. The highest BCUT2D eigenvalue weighted by Crippen LogP contribution is 2.27. The zero-order valence-electron chi connectivity index (χ0n) is 13.9. The predicted molar refractivity (Wildman–Crippen MR) is 87.6 cm³/mol. The summed E-state index contributed by atoms with van der Waals surface area (Å²) in [5.74, 6) is -0.528. The van der Waals surface area contributed by atoms with Crippen molar-refractivity contribution in [2.75, 3.05) is 17.2 Å². The first kappa shape index (κ1) is 18.2. The molecular formula is C16H17F2N5O2. The summed E-state index contributed by atoms with van der Waals surface area (Å²) in [5, 5.41) is 18.5. The van der Waals surface area contributed by atoms with Crippen LogP contribution in [-0.2, 0) is 11.8 Å². The second-order valence-corrected chi connectivity index (χ2v) is 5.27. The van der Waals surface area contributed by atoms with E-state index in [1.807, 2.05) is 13.0 Å². The molecule has 0 spiro atoms. The van der Waals surface area contributed by atoms with E-state index in [0.29, 0.717) is 11.4 Å². The molecule has 0 atom stereocenters. The molecule has 1 aromatic carbocycles. The van der Waals surface area contributed by atoms with Crippen LogP contribution in [0, 0.1) is 25.2 Å². The monoisotopic (exact) mass is 349 g/mol. The Morgan fingerprint density at radius 3 is 2.72 bits per heavy atom. The molecule has 0 aliphatic rings. The van der Waals surface area contributed by atoms with E-state index >= 15 is 0 Å². The van der Waals surface area contributed by atoms with Gasteiger partial charge in [0.2, 0.25) is 5.91 Å². The van der Waals surface area contributed by atoms with E-state index < -0.39 is 6.61 Å². The van der Waals surface area contributed by atoms with Gasteiger partial charge in [-0.3, -0.25) is 9.48 Å². The fourth-order valence-electron chi connectivity index (χ4n) is 2.25. The average Bonchev–Trinajstić information content (AvgIpc) is 2.79. The summed E-state index contributed by atoms with van der Waals surface area (Å²) < 4.78 is 30.9. The van der Waals surface area contributed by atoms with Gasteiger partial charge in [0.1, 0.15) is 5.75 Å². The Morgan fingerprint density at radius 2 is 2.16 bits per heavy atom. The van der Waals surface area contributed by atoms with Gasteiger partial charge in [-0.1, -0.05) is 0 Å². The Morgan fingerprint density at radius 1 is 1.44 bits per heavy atom. The van der Waals surface area contributed by atoms with Gasteiger partial charge in [-0.2, -0.15) is 19.1 Å². The van der Waals surface area contributed by atoms with Crippen LogP contribution in [0.3, 0.4) is 0 Å². The van der Waals surface area contributed by atoms with Crippen LogP contribution in [0.25, 0.3) is 0 Å². The molecule has 2 N–H and O–H groups in total. The molecule has 2 aromatic rings. The van der Waals surface area contributed by atoms with Crippen LogP contribution >= 0.6 is 0 Å². The first-order valence-electron chi connectivity index (χ1n) is 7.34. The first-order valence-corrected chi connectivity index (χ1v) is 7.34.